The molecule has 0 fully saturated rings. The summed E-state index contributed by atoms with van der Waals surface area (Å²) in [6, 6.07) is 2.34. The zero-order valence-electron chi connectivity index (χ0n) is 12.2. The van der Waals surface area contributed by atoms with Crippen LogP contribution in [0, 0.1) is 0 Å². The quantitative estimate of drug-likeness (QED) is 0.762. The van der Waals surface area contributed by atoms with E-state index in [0.717, 1.165) is 12.1 Å². The monoisotopic (exact) mass is 254 g/mol. The molecule has 0 aliphatic heterocycles. The number of rotatable bonds is 4. The first-order valence-electron chi connectivity index (χ1n) is 6.31. The van der Waals surface area contributed by atoms with Gasteiger partial charge in [-0.25, -0.2) is 0 Å². The average Bonchev–Trinajstić information content (AvgIpc) is 2.61. The van der Waals surface area contributed by atoms with Gasteiger partial charge in [0.05, 0.1) is 14.3 Å². The van der Waals surface area contributed by atoms with Gasteiger partial charge in [0.1, 0.15) is 0 Å². The van der Waals surface area contributed by atoms with E-state index in [1.165, 1.54) is 0 Å². The second kappa shape index (κ2) is 4.84. The molecule has 17 heavy (non-hydrogen) atoms. The first kappa shape index (κ1) is 14.3. The van der Waals surface area contributed by atoms with Gasteiger partial charge in [0.2, 0.25) is 5.88 Å². The number of aromatic nitrogens is 2. The van der Waals surface area contributed by atoms with Crippen LogP contribution in [-0.2, 0) is 0 Å². The zero-order chi connectivity index (χ0) is 13.3. The minimum absolute atomic E-state index is 0.355. The first-order chi connectivity index (χ1) is 7.63. The maximum atomic E-state index is 5.86. The summed E-state index contributed by atoms with van der Waals surface area (Å²) >= 11 is 0. The molecule has 0 unspecified atom stereocenters. The van der Waals surface area contributed by atoms with Crippen molar-refractivity contribution in [3.05, 3.63) is 12.3 Å². The van der Waals surface area contributed by atoms with E-state index in [-0.39, 0.29) is 0 Å². The lowest BCUT2D eigenvalue weighted by atomic mass is 10.2. The van der Waals surface area contributed by atoms with Crippen LogP contribution in [0.2, 0.25) is 18.1 Å². The predicted molar refractivity (Wildman–Crippen MR) is 75.3 cm³/mol. The Balaban J connectivity index is 2.61. The molecule has 0 aliphatic rings. The van der Waals surface area contributed by atoms with Gasteiger partial charge in [0, 0.05) is 18.3 Å². The van der Waals surface area contributed by atoms with E-state index < -0.39 is 8.07 Å². The van der Waals surface area contributed by atoms with Gasteiger partial charge in [0.15, 0.2) is 0 Å². The third-order valence-corrected chi connectivity index (χ3v) is 8.65. The molecule has 98 valence electrons. The lowest BCUT2D eigenvalue weighted by Gasteiger charge is -2.35. The second-order valence-corrected chi connectivity index (χ2v) is 12.2. The molecule has 1 aromatic heterocycles. The molecule has 1 heterocycles. The van der Waals surface area contributed by atoms with Crippen LogP contribution in [0.25, 0.3) is 0 Å². The maximum Gasteiger partial charge on any atom is 0.232 e. The molecular weight excluding hydrogens is 228 g/mol. The van der Waals surface area contributed by atoms with Crippen molar-refractivity contribution >= 4 is 8.07 Å². The average molecular weight is 254 g/mol. The molecule has 3 nitrogen and oxygen atoms in total. The van der Waals surface area contributed by atoms with Crippen molar-refractivity contribution in [2.75, 3.05) is 6.23 Å². The Kier molecular flexibility index (Phi) is 4.07. The Hall–Kier alpha value is -0.773. The van der Waals surface area contributed by atoms with Crippen molar-refractivity contribution in [2.24, 2.45) is 0 Å². The van der Waals surface area contributed by atoms with E-state index >= 15 is 0 Å². The fourth-order valence-electron chi connectivity index (χ4n) is 1.16. The molecule has 0 aromatic carbocycles. The number of hydrogen-bond acceptors (Lipinski definition) is 2. The van der Waals surface area contributed by atoms with Crippen molar-refractivity contribution < 1.29 is 4.74 Å². The van der Waals surface area contributed by atoms with Gasteiger partial charge >= 0.3 is 0 Å². The smallest absolute Gasteiger partial charge is 0.232 e. The summed E-state index contributed by atoms with van der Waals surface area (Å²) < 4.78 is 7.79. The lowest BCUT2D eigenvalue weighted by molar-refractivity contribution is 0.346. The Labute approximate surface area is 106 Å². The summed E-state index contributed by atoms with van der Waals surface area (Å²) in [5.74, 6) is 0.753. The zero-order valence-corrected chi connectivity index (χ0v) is 13.2. The van der Waals surface area contributed by atoms with Gasteiger partial charge in [-0.15, -0.1) is 5.10 Å². The van der Waals surface area contributed by atoms with Crippen molar-refractivity contribution in [1.82, 2.24) is 9.78 Å². The molecule has 4 heteroatoms. The van der Waals surface area contributed by atoms with Gasteiger partial charge < -0.3 is 4.74 Å². The summed E-state index contributed by atoms with van der Waals surface area (Å²) in [6.07, 6.45) is 2.80. The Morgan fingerprint density at radius 3 is 2.35 bits per heavy atom. The second-order valence-electron chi connectivity index (χ2n) is 6.65. The van der Waals surface area contributed by atoms with Gasteiger partial charge in [-0.05, 0) is 18.9 Å². The minimum Gasteiger partial charge on any atom is -0.480 e. The molecule has 0 atom stereocenters. The number of nitrogens with zero attached hydrogens (tertiary/aromatic N) is 2. The largest absolute Gasteiger partial charge is 0.480 e. The normalized spacial score (nSPS) is 13.2. The fraction of sp³-hybridized carbons (Fsp3) is 0.769. The Morgan fingerprint density at radius 1 is 1.35 bits per heavy atom. The highest BCUT2D eigenvalue weighted by atomic mass is 28.3. The van der Waals surface area contributed by atoms with E-state index in [1.54, 1.807) is 0 Å². The van der Waals surface area contributed by atoms with Crippen LogP contribution in [0.15, 0.2) is 12.3 Å². The molecule has 0 aliphatic carbocycles. The fourth-order valence-corrected chi connectivity index (χ4v) is 2.10. The van der Waals surface area contributed by atoms with Gasteiger partial charge in [0.25, 0.3) is 0 Å². The summed E-state index contributed by atoms with van der Waals surface area (Å²) in [5, 5.41) is 4.77. The molecule has 0 saturated carbocycles. The molecule has 0 N–H and O–H groups in total. The van der Waals surface area contributed by atoms with Crippen LogP contribution in [0.1, 0.15) is 40.7 Å². The van der Waals surface area contributed by atoms with Gasteiger partial charge in [-0.1, -0.05) is 33.9 Å². The Bertz CT molecular complexity index is 364. The van der Waals surface area contributed by atoms with Crippen molar-refractivity contribution in [3.8, 4) is 5.88 Å². The number of hydrogen-bond donors (Lipinski definition) is 0. The highest BCUT2D eigenvalue weighted by Crippen LogP contribution is 2.35. The van der Waals surface area contributed by atoms with Crippen LogP contribution in [-0.4, -0.2) is 24.1 Å². The van der Waals surface area contributed by atoms with E-state index in [4.69, 9.17) is 4.74 Å². The summed E-state index contributed by atoms with van der Waals surface area (Å²) in [5.41, 5.74) is 0. The van der Waals surface area contributed by atoms with E-state index in [0.29, 0.717) is 11.1 Å². The molecule has 0 bridgehead atoms. The number of ether oxygens (including phenoxy) is 1. The third kappa shape index (κ3) is 3.59. The summed E-state index contributed by atoms with van der Waals surface area (Å²) in [4.78, 5) is 0. The van der Waals surface area contributed by atoms with Gasteiger partial charge in [-0.3, -0.25) is 4.68 Å². The molecule has 1 aromatic rings. The standard InChI is InChI=1S/C13H26N2OSi/c1-11(2)15-9-8-12(14-15)16-10-17(6,7)13(3,4)5/h8-9,11H,10H2,1-7H3. The first-order valence-corrected chi connectivity index (χ1v) is 9.52. The van der Waals surface area contributed by atoms with E-state index in [9.17, 15) is 0 Å². The summed E-state index contributed by atoms with van der Waals surface area (Å²) in [6.45, 7) is 15.9. The molecule has 0 amide bonds. The van der Waals surface area contributed by atoms with E-state index in [1.807, 2.05) is 16.9 Å². The third-order valence-electron chi connectivity index (χ3n) is 3.72. The van der Waals surface area contributed by atoms with Crippen LogP contribution in [0.3, 0.4) is 0 Å². The topological polar surface area (TPSA) is 27.1 Å². The van der Waals surface area contributed by atoms with Gasteiger partial charge in [-0.2, -0.15) is 0 Å². The minimum atomic E-state index is -1.38. The van der Waals surface area contributed by atoms with Crippen LogP contribution in [0.4, 0.5) is 0 Å². The van der Waals surface area contributed by atoms with Crippen LogP contribution < -0.4 is 4.74 Å². The van der Waals surface area contributed by atoms with Crippen molar-refractivity contribution in [3.63, 3.8) is 0 Å². The molecule has 1 rings (SSSR count). The lowest BCUT2D eigenvalue weighted by Crippen LogP contribution is -2.43. The van der Waals surface area contributed by atoms with E-state index in [2.05, 4.69) is 52.8 Å². The molecule has 0 saturated heterocycles. The predicted octanol–water partition coefficient (Wildman–Crippen LogP) is 3.89. The van der Waals surface area contributed by atoms with Crippen LogP contribution >= 0.6 is 0 Å². The summed E-state index contributed by atoms with van der Waals surface area (Å²) in [7, 11) is -1.38. The van der Waals surface area contributed by atoms with Crippen molar-refractivity contribution in [1.29, 1.82) is 0 Å². The molecular formula is C13H26N2OSi. The Morgan fingerprint density at radius 2 is 1.94 bits per heavy atom. The van der Waals surface area contributed by atoms with Crippen LogP contribution in [0.5, 0.6) is 5.88 Å². The highest BCUT2D eigenvalue weighted by Gasteiger charge is 2.36. The van der Waals surface area contributed by atoms with Crippen molar-refractivity contribution in [2.45, 2.75) is 58.8 Å². The highest BCUT2D eigenvalue weighted by molar-refractivity contribution is 6.80. The molecule has 0 radical (unpaired) electrons. The SMILES string of the molecule is CC(C)n1ccc(OC[Si](C)(C)C(C)(C)C)n1. The molecule has 0 spiro atoms. The maximum absolute atomic E-state index is 5.86.